The predicted molar refractivity (Wildman–Crippen MR) is 58.0 cm³/mol. The van der Waals surface area contributed by atoms with Crippen molar-refractivity contribution in [1.29, 1.82) is 0 Å². The van der Waals surface area contributed by atoms with Crippen molar-refractivity contribution < 1.29 is 14.3 Å². The molecule has 0 unspecified atom stereocenters. The number of hydrogen-bond acceptors (Lipinski definition) is 4. The molecule has 1 aliphatic rings. The topological polar surface area (TPSA) is 47.9 Å². The van der Waals surface area contributed by atoms with Gasteiger partial charge in [0.15, 0.2) is 0 Å². The summed E-state index contributed by atoms with van der Waals surface area (Å²) < 4.78 is 9.88. The molecule has 0 bridgehead atoms. The molecule has 4 nitrogen and oxygen atoms in total. The number of esters is 1. The minimum atomic E-state index is -0.315. The zero-order valence-corrected chi connectivity index (χ0v) is 9.19. The highest BCUT2D eigenvalue weighted by molar-refractivity contribution is 6.24. The van der Waals surface area contributed by atoms with E-state index in [1.165, 1.54) is 0 Å². The molecule has 0 saturated carbocycles. The van der Waals surface area contributed by atoms with Crippen molar-refractivity contribution in [2.75, 3.05) is 20.8 Å². The van der Waals surface area contributed by atoms with Crippen molar-refractivity contribution >= 4 is 11.7 Å². The maximum Gasteiger partial charge on any atom is 0.340 e. The Hall–Kier alpha value is -1.42. The van der Waals surface area contributed by atoms with Crippen molar-refractivity contribution in [3.63, 3.8) is 0 Å². The summed E-state index contributed by atoms with van der Waals surface area (Å²) >= 11 is 0. The summed E-state index contributed by atoms with van der Waals surface area (Å²) in [7, 11) is 3.28. The van der Waals surface area contributed by atoms with Gasteiger partial charge in [-0.3, -0.25) is 4.99 Å². The van der Waals surface area contributed by atoms with Gasteiger partial charge in [0.2, 0.25) is 0 Å². The van der Waals surface area contributed by atoms with Gasteiger partial charge in [0.1, 0.15) is 6.61 Å². The Balaban J connectivity index is 2.73. The third-order valence-electron chi connectivity index (χ3n) is 2.16. The third kappa shape index (κ3) is 3.02. The molecule has 1 atom stereocenters. The highest BCUT2D eigenvalue weighted by Crippen LogP contribution is 2.11. The normalized spacial score (nSPS) is 24.1. The quantitative estimate of drug-likeness (QED) is 0.517. The second-order valence-corrected chi connectivity index (χ2v) is 3.15. The van der Waals surface area contributed by atoms with E-state index in [2.05, 4.69) is 4.99 Å². The number of carbonyl (C=O) groups is 1. The summed E-state index contributed by atoms with van der Waals surface area (Å²) in [4.78, 5) is 15.2. The first kappa shape index (κ1) is 11.7. The first-order valence-corrected chi connectivity index (χ1v) is 4.73. The van der Waals surface area contributed by atoms with Crippen LogP contribution in [0.1, 0.15) is 6.92 Å². The van der Waals surface area contributed by atoms with Gasteiger partial charge in [-0.1, -0.05) is 12.2 Å². The van der Waals surface area contributed by atoms with Crippen LogP contribution in [0.2, 0.25) is 0 Å². The second-order valence-electron chi connectivity index (χ2n) is 3.15. The number of rotatable bonds is 3. The summed E-state index contributed by atoms with van der Waals surface area (Å²) in [6, 6.07) is 0. The SMILES string of the molecule is CN=C1COC(=O)/C1=C/C=C/[C@@H](C)OC. The molecular formula is C11H15NO3. The van der Waals surface area contributed by atoms with Gasteiger partial charge in [-0.15, -0.1) is 0 Å². The molecule has 0 aliphatic carbocycles. The van der Waals surface area contributed by atoms with Crippen molar-refractivity contribution in [3.8, 4) is 0 Å². The Morgan fingerprint density at radius 1 is 1.60 bits per heavy atom. The molecule has 0 N–H and O–H groups in total. The van der Waals surface area contributed by atoms with E-state index >= 15 is 0 Å². The van der Waals surface area contributed by atoms with Gasteiger partial charge in [0.25, 0.3) is 0 Å². The van der Waals surface area contributed by atoms with Crippen molar-refractivity contribution in [3.05, 3.63) is 23.8 Å². The minimum Gasteiger partial charge on any atom is -0.456 e. The van der Waals surface area contributed by atoms with Gasteiger partial charge in [-0.2, -0.15) is 0 Å². The number of ether oxygens (including phenoxy) is 2. The lowest BCUT2D eigenvalue weighted by Crippen LogP contribution is -2.02. The Kier molecular flexibility index (Phi) is 4.24. The number of hydrogen-bond donors (Lipinski definition) is 0. The van der Waals surface area contributed by atoms with E-state index in [9.17, 15) is 4.79 Å². The molecule has 1 rings (SSSR count). The van der Waals surface area contributed by atoms with Crippen LogP contribution in [0.4, 0.5) is 0 Å². The smallest absolute Gasteiger partial charge is 0.340 e. The first-order chi connectivity index (χ1) is 7.19. The van der Waals surface area contributed by atoms with Crippen molar-refractivity contribution in [1.82, 2.24) is 0 Å². The fraction of sp³-hybridized carbons (Fsp3) is 0.455. The van der Waals surface area contributed by atoms with E-state index in [1.54, 1.807) is 26.3 Å². The molecule has 0 aromatic carbocycles. The zero-order valence-electron chi connectivity index (χ0n) is 9.19. The number of allylic oxidation sites excluding steroid dienone is 2. The average Bonchev–Trinajstić information content (AvgIpc) is 2.60. The Morgan fingerprint density at radius 3 is 2.93 bits per heavy atom. The molecule has 1 fully saturated rings. The standard InChI is InChI=1S/C11H15NO3/c1-8(14-3)5-4-6-9-10(12-2)7-15-11(9)13/h4-6,8H,7H2,1-3H3/b5-4+,9-6+,12-10?/t8-/m1/s1. The van der Waals surface area contributed by atoms with Crippen LogP contribution in [0.5, 0.6) is 0 Å². The summed E-state index contributed by atoms with van der Waals surface area (Å²) in [5.41, 5.74) is 1.21. The van der Waals surface area contributed by atoms with E-state index in [4.69, 9.17) is 9.47 Å². The number of nitrogens with zero attached hydrogens (tertiary/aromatic N) is 1. The lowest BCUT2D eigenvalue weighted by Gasteiger charge is -1.99. The molecule has 0 amide bonds. The summed E-state index contributed by atoms with van der Waals surface area (Å²) in [5, 5.41) is 0. The van der Waals surface area contributed by atoms with Crippen LogP contribution in [0, 0.1) is 0 Å². The molecule has 0 spiro atoms. The Labute approximate surface area is 89.3 Å². The zero-order chi connectivity index (χ0) is 11.3. The molecule has 82 valence electrons. The van der Waals surface area contributed by atoms with E-state index in [0.717, 1.165) is 0 Å². The molecule has 1 aliphatic heterocycles. The van der Waals surface area contributed by atoms with E-state index in [1.807, 2.05) is 13.0 Å². The largest absolute Gasteiger partial charge is 0.456 e. The predicted octanol–water partition coefficient (Wildman–Crippen LogP) is 1.13. The van der Waals surface area contributed by atoms with Gasteiger partial charge in [0, 0.05) is 14.2 Å². The number of cyclic esters (lactones) is 1. The van der Waals surface area contributed by atoms with E-state index in [-0.39, 0.29) is 18.7 Å². The molecule has 4 heteroatoms. The van der Waals surface area contributed by atoms with Gasteiger partial charge in [-0.25, -0.2) is 4.79 Å². The fourth-order valence-corrected chi connectivity index (χ4v) is 1.14. The summed E-state index contributed by atoms with van der Waals surface area (Å²) in [6.45, 7) is 2.19. The van der Waals surface area contributed by atoms with Crippen LogP contribution >= 0.6 is 0 Å². The molecule has 0 aromatic rings. The van der Waals surface area contributed by atoms with Gasteiger partial charge >= 0.3 is 5.97 Å². The van der Waals surface area contributed by atoms with Crippen molar-refractivity contribution in [2.45, 2.75) is 13.0 Å². The van der Waals surface area contributed by atoms with E-state index in [0.29, 0.717) is 11.3 Å². The van der Waals surface area contributed by atoms with Gasteiger partial charge in [-0.05, 0) is 13.0 Å². The van der Waals surface area contributed by atoms with Crippen LogP contribution in [-0.2, 0) is 14.3 Å². The maximum atomic E-state index is 11.3. The Morgan fingerprint density at radius 2 is 2.33 bits per heavy atom. The number of methoxy groups -OCH3 is 1. The van der Waals surface area contributed by atoms with Gasteiger partial charge < -0.3 is 9.47 Å². The first-order valence-electron chi connectivity index (χ1n) is 4.73. The fourth-order valence-electron chi connectivity index (χ4n) is 1.14. The van der Waals surface area contributed by atoms with Crippen LogP contribution in [0.3, 0.4) is 0 Å². The van der Waals surface area contributed by atoms with Crippen LogP contribution in [0.15, 0.2) is 28.8 Å². The maximum absolute atomic E-state index is 11.3. The van der Waals surface area contributed by atoms with Crippen LogP contribution in [0.25, 0.3) is 0 Å². The molecule has 15 heavy (non-hydrogen) atoms. The molecule has 1 heterocycles. The number of carbonyl (C=O) groups excluding carboxylic acids is 1. The molecule has 0 radical (unpaired) electrons. The van der Waals surface area contributed by atoms with E-state index < -0.39 is 0 Å². The average molecular weight is 209 g/mol. The second kappa shape index (κ2) is 5.46. The van der Waals surface area contributed by atoms with Gasteiger partial charge in [0.05, 0.1) is 17.4 Å². The van der Waals surface area contributed by atoms with Crippen molar-refractivity contribution in [2.24, 2.45) is 4.99 Å². The van der Waals surface area contributed by atoms with Crippen LogP contribution in [-0.4, -0.2) is 38.5 Å². The lowest BCUT2D eigenvalue weighted by molar-refractivity contribution is -0.134. The highest BCUT2D eigenvalue weighted by atomic mass is 16.5. The number of aliphatic imine (C=N–C) groups is 1. The third-order valence-corrected chi connectivity index (χ3v) is 2.16. The summed E-state index contributed by atoms with van der Waals surface area (Å²) in [5.74, 6) is -0.315. The van der Waals surface area contributed by atoms with Crippen LogP contribution < -0.4 is 0 Å². The molecule has 1 saturated heterocycles. The Bertz CT molecular complexity index is 329. The minimum absolute atomic E-state index is 0.0290. The monoisotopic (exact) mass is 209 g/mol. The highest BCUT2D eigenvalue weighted by Gasteiger charge is 2.24. The molecule has 0 aromatic heterocycles. The lowest BCUT2D eigenvalue weighted by atomic mass is 10.2. The molecular weight excluding hydrogens is 194 g/mol. The summed E-state index contributed by atoms with van der Waals surface area (Å²) in [6.07, 6.45) is 5.36.